The van der Waals surface area contributed by atoms with Crippen LogP contribution in [0.15, 0.2) is 18.2 Å². The van der Waals surface area contributed by atoms with Gasteiger partial charge in [0.2, 0.25) is 0 Å². The number of rotatable bonds is 4. The Hall–Kier alpha value is -2.04. The number of hydrogen-bond donors (Lipinski definition) is 2. The Balaban J connectivity index is 3.26. The third-order valence-electron chi connectivity index (χ3n) is 1.91. The van der Waals surface area contributed by atoms with Gasteiger partial charge in [0.05, 0.1) is 19.1 Å². The molecule has 15 heavy (non-hydrogen) atoms. The van der Waals surface area contributed by atoms with Crippen molar-refractivity contribution in [3.05, 3.63) is 29.3 Å². The van der Waals surface area contributed by atoms with Crippen molar-refractivity contribution in [1.29, 1.82) is 0 Å². The van der Waals surface area contributed by atoms with Gasteiger partial charge in [-0.05, 0) is 12.1 Å². The van der Waals surface area contributed by atoms with Crippen molar-refractivity contribution in [2.24, 2.45) is 0 Å². The van der Waals surface area contributed by atoms with E-state index in [2.05, 4.69) is 0 Å². The Morgan fingerprint density at radius 2 is 2.00 bits per heavy atom. The quantitative estimate of drug-likeness (QED) is 0.775. The predicted molar refractivity (Wildman–Crippen MR) is 51.3 cm³/mol. The van der Waals surface area contributed by atoms with E-state index in [4.69, 9.17) is 14.9 Å². The number of hydrogen-bond acceptors (Lipinski definition) is 3. The summed E-state index contributed by atoms with van der Waals surface area (Å²) in [7, 11) is 1.37. The fraction of sp³-hybridized carbons (Fsp3) is 0.200. The van der Waals surface area contributed by atoms with Crippen LogP contribution in [0.5, 0.6) is 5.75 Å². The maximum atomic E-state index is 10.8. The smallest absolute Gasteiger partial charge is 0.336 e. The molecule has 0 atom stereocenters. The van der Waals surface area contributed by atoms with E-state index in [1.54, 1.807) is 0 Å². The zero-order chi connectivity index (χ0) is 11.4. The molecule has 80 valence electrons. The topological polar surface area (TPSA) is 83.8 Å². The number of aliphatic carboxylic acids is 1. The Morgan fingerprint density at radius 3 is 2.47 bits per heavy atom. The minimum atomic E-state index is -1.16. The summed E-state index contributed by atoms with van der Waals surface area (Å²) in [6, 6.07) is 4.39. The molecule has 0 saturated heterocycles. The van der Waals surface area contributed by atoms with Crippen LogP contribution in [0.4, 0.5) is 0 Å². The zero-order valence-electron chi connectivity index (χ0n) is 8.06. The first-order chi connectivity index (χ1) is 7.06. The number of ether oxygens (including phenoxy) is 1. The lowest BCUT2D eigenvalue weighted by molar-refractivity contribution is -0.136. The number of carbonyl (C=O) groups is 2. The number of carboxylic acids is 2. The maximum absolute atomic E-state index is 10.8. The van der Waals surface area contributed by atoms with E-state index in [0.717, 1.165) is 0 Å². The third-order valence-corrected chi connectivity index (χ3v) is 1.91. The van der Waals surface area contributed by atoms with Gasteiger partial charge in [-0.3, -0.25) is 4.79 Å². The SMILES string of the molecule is COc1cccc(C(=O)O)c1CC(=O)O. The second-order valence-corrected chi connectivity index (χ2v) is 2.86. The second-order valence-electron chi connectivity index (χ2n) is 2.86. The van der Waals surface area contributed by atoms with Gasteiger partial charge < -0.3 is 14.9 Å². The Labute approximate surface area is 85.9 Å². The zero-order valence-corrected chi connectivity index (χ0v) is 8.06. The highest BCUT2D eigenvalue weighted by Crippen LogP contribution is 2.22. The minimum Gasteiger partial charge on any atom is -0.496 e. The molecule has 0 unspecified atom stereocenters. The van der Waals surface area contributed by atoms with Crippen molar-refractivity contribution in [1.82, 2.24) is 0 Å². The van der Waals surface area contributed by atoms with Crippen LogP contribution in [-0.2, 0) is 11.2 Å². The van der Waals surface area contributed by atoms with Gasteiger partial charge in [-0.25, -0.2) is 4.79 Å². The maximum Gasteiger partial charge on any atom is 0.336 e. The van der Waals surface area contributed by atoms with Crippen LogP contribution >= 0.6 is 0 Å². The van der Waals surface area contributed by atoms with Crippen molar-refractivity contribution in [3.63, 3.8) is 0 Å². The summed E-state index contributed by atoms with van der Waals surface area (Å²) in [5, 5.41) is 17.5. The van der Waals surface area contributed by atoms with Crippen LogP contribution in [0, 0.1) is 0 Å². The molecule has 0 aliphatic rings. The highest BCUT2D eigenvalue weighted by molar-refractivity contribution is 5.91. The molecule has 0 aliphatic carbocycles. The highest BCUT2D eigenvalue weighted by atomic mass is 16.5. The van der Waals surface area contributed by atoms with Crippen molar-refractivity contribution in [2.45, 2.75) is 6.42 Å². The summed E-state index contributed by atoms with van der Waals surface area (Å²) in [6.07, 6.45) is -0.369. The molecule has 0 aromatic heterocycles. The van der Waals surface area contributed by atoms with Gasteiger partial charge in [-0.1, -0.05) is 6.07 Å². The average molecular weight is 210 g/mol. The number of benzene rings is 1. The molecule has 5 nitrogen and oxygen atoms in total. The molecule has 5 heteroatoms. The predicted octanol–water partition coefficient (Wildman–Crippen LogP) is 1.02. The fourth-order valence-corrected chi connectivity index (χ4v) is 1.29. The van der Waals surface area contributed by atoms with E-state index in [1.807, 2.05) is 0 Å². The molecule has 0 heterocycles. The van der Waals surface area contributed by atoms with Crippen LogP contribution in [0.3, 0.4) is 0 Å². The molecule has 0 aliphatic heterocycles. The lowest BCUT2D eigenvalue weighted by Gasteiger charge is -2.09. The van der Waals surface area contributed by atoms with E-state index in [9.17, 15) is 9.59 Å². The molecule has 1 aromatic carbocycles. The molecule has 1 aromatic rings. The standard InChI is InChI=1S/C10H10O5/c1-15-8-4-2-3-6(10(13)14)7(8)5-9(11)12/h2-4H,5H2,1H3,(H,11,12)(H,13,14). The first-order valence-electron chi connectivity index (χ1n) is 4.17. The molecule has 0 radical (unpaired) electrons. The Kier molecular flexibility index (Phi) is 3.28. The van der Waals surface area contributed by atoms with E-state index in [-0.39, 0.29) is 23.3 Å². The second kappa shape index (κ2) is 4.45. The van der Waals surface area contributed by atoms with Gasteiger partial charge in [0.25, 0.3) is 0 Å². The highest BCUT2D eigenvalue weighted by Gasteiger charge is 2.16. The molecule has 0 amide bonds. The summed E-state index contributed by atoms with van der Waals surface area (Å²) in [4.78, 5) is 21.4. The molecule has 0 saturated carbocycles. The average Bonchev–Trinajstić information content (AvgIpc) is 2.16. The summed E-state index contributed by atoms with van der Waals surface area (Å²) in [5.74, 6) is -1.98. The first-order valence-corrected chi connectivity index (χ1v) is 4.17. The van der Waals surface area contributed by atoms with Gasteiger partial charge in [0, 0.05) is 5.56 Å². The summed E-state index contributed by atoms with van der Waals surface area (Å²) in [6.45, 7) is 0. The minimum absolute atomic E-state index is 0.0447. The van der Waals surface area contributed by atoms with Gasteiger partial charge in [0.15, 0.2) is 0 Å². The summed E-state index contributed by atoms with van der Waals surface area (Å²) in [5.41, 5.74) is 0.136. The molecule has 0 fully saturated rings. The van der Waals surface area contributed by atoms with Crippen LogP contribution < -0.4 is 4.74 Å². The van der Waals surface area contributed by atoms with E-state index in [1.165, 1.54) is 25.3 Å². The monoisotopic (exact) mass is 210 g/mol. The van der Waals surface area contributed by atoms with Crippen LogP contribution in [0.2, 0.25) is 0 Å². The van der Waals surface area contributed by atoms with Crippen molar-refractivity contribution in [3.8, 4) is 5.75 Å². The van der Waals surface area contributed by atoms with Gasteiger partial charge in [0.1, 0.15) is 5.75 Å². The number of carboxylic acid groups (broad SMARTS) is 2. The van der Waals surface area contributed by atoms with E-state index < -0.39 is 11.9 Å². The number of aromatic carboxylic acids is 1. The van der Waals surface area contributed by atoms with Crippen molar-refractivity contribution < 1.29 is 24.5 Å². The summed E-state index contributed by atoms with van der Waals surface area (Å²) < 4.78 is 4.91. The molecule has 2 N–H and O–H groups in total. The molecular weight excluding hydrogens is 200 g/mol. The Morgan fingerprint density at radius 1 is 1.33 bits per heavy atom. The molecular formula is C10H10O5. The van der Waals surface area contributed by atoms with E-state index in [0.29, 0.717) is 0 Å². The van der Waals surface area contributed by atoms with Crippen molar-refractivity contribution >= 4 is 11.9 Å². The fourth-order valence-electron chi connectivity index (χ4n) is 1.29. The lowest BCUT2D eigenvalue weighted by Crippen LogP contribution is -2.09. The van der Waals surface area contributed by atoms with Gasteiger partial charge >= 0.3 is 11.9 Å². The van der Waals surface area contributed by atoms with E-state index >= 15 is 0 Å². The molecule has 0 bridgehead atoms. The normalized spacial score (nSPS) is 9.67. The van der Waals surface area contributed by atoms with Crippen molar-refractivity contribution in [2.75, 3.05) is 7.11 Å². The van der Waals surface area contributed by atoms with Crippen LogP contribution in [0.25, 0.3) is 0 Å². The Bertz CT molecular complexity index is 397. The first kappa shape index (κ1) is 11.0. The van der Waals surface area contributed by atoms with Crippen LogP contribution in [0.1, 0.15) is 15.9 Å². The van der Waals surface area contributed by atoms with Gasteiger partial charge in [-0.2, -0.15) is 0 Å². The molecule has 1 rings (SSSR count). The molecule has 0 spiro atoms. The van der Waals surface area contributed by atoms with Gasteiger partial charge in [-0.15, -0.1) is 0 Å². The lowest BCUT2D eigenvalue weighted by atomic mass is 10.0. The summed E-state index contributed by atoms with van der Waals surface area (Å²) >= 11 is 0. The van der Waals surface area contributed by atoms with Crippen LogP contribution in [-0.4, -0.2) is 29.3 Å². The number of methoxy groups -OCH3 is 1. The third kappa shape index (κ3) is 2.46. The largest absolute Gasteiger partial charge is 0.496 e.